The average molecular weight is 681 g/mol. The monoisotopic (exact) mass is 680 g/mol. The molecule has 0 spiro atoms. The molecule has 0 radical (unpaired) electrons. The quantitative estimate of drug-likeness (QED) is 0.209. The number of aryl methyl sites for hydroxylation is 1. The van der Waals surface area contributed by atoms with E-state index in [9.17, 15) is 24.6 Å². The number of ketones is 1. The molecule has 0 aliphatic carbocycles. The molecule has 1 aromatic heterocycles. The van der Waals surface area contributed by atoms with Gasteiger partial charge in [0.2, 0.25) is 11.7 Å². The van der Waals surface area contributed by atoms with Gasteiger partial charge >= 0.3 is 5.97 Å². The number of allylic oxidation sites excluding steroid dienone is 1. The smallest absolute Gasteiger partial charge is 0.342 e. The second-order valence-electron chi connectivity index (χ2n) is 11.8. The first-order valence-electron chi connectivity index (χ1n) is 16.0. The first kappa shape index (κ1) is 36.3. The number of phenolic OH excluding ortho intramolecular Hbond substituents is 2. The SMILES string of the molecule is COc1cc(C(CC(=O)NCCc2nc(C)cs2)c2c(O)cc3c(c2O)C(=O)O[C@@H](C)CCCC(=O)CCC/C=C/3)cc(OC)c1OC. The molecule has 4 rings (SSSR count). The minimum Gasteiger partial charge on any atom is -0.507 e. The number of hydrogen-bond acceptors (Lipinski definition) is 11. The van der Waals surface area contributed by atoms with Crippen LogP contribution < -0.4 is 19.5 Å². The van der Waals surface area contributed by atoms with E-state index in [1.54, 1.807) is 31.2 Å². The standard InChI is InChI=1S/C36H44N2O9S/c1-21-20-48-31(38-21)14-15-37-30(41)19-26(24-17-28(44-3)35(46-5)29(18-24)45-4)33-27(40)16-23-11-7-6-8-12-25(39)13-9-10-22(2)47-36(43)32(23)34(33)42/h7,11,16-18,20,22,26,40,42H,6,8-10,12-15,19H2,1-5H3,(H,37,41)/b11-7+/t22-,26?/m0/s1. The van der Waals surface area contributed by atoms with Crippen LogP contribution in [0.2, 0.25) is 0 Å². The fourth-order valence-electron chi connectivity index (χ4n) is 5.79. The molecule has 3 N–H and O–H groups in total. The number of nitrogens with zero attached hydrogens (tertiary/aromatic N) is 1. The molecule has 3 aromatic rings. The van der Waals surface area contributed by atoms with E-state index in [2.05, 4.69) is 10.3 Å². The third-order valence-electron chi connectivity index (χ3n) is 8.21. The van der Waals surface area contributed by atoms with E-state index >= 15 is 0 Å². The number of ether oxygens (including phenoxy) is 4. The molecule has 2 atom stereocenters. The summed E-state index contributed by atoms with van der Waals surface area (Å²) >= 11 is 1.52. The van der Waals surface area contributed by atoms with Crippen molar-refractivity contribution in [2.45, 2.75) is 77.2 Å². The van der Waals surface area contributed by atoms with E-state index in [1.165, 1.54) is 38.7 Å². The highest BCUT2D eigenvalue weighted by atomic mass is 32.1. The molecule has 1 aliphatic heterocycles. The predicted molar refractivity (Wildman–Crippen MR) is 183 cm³/mol. The Kier molecular flexibility index (Phi) is 12.8. The zero-order valence-electron chi connectivity index (χ0n) is 28.1. The van der Waals surface area contributed by atoms with Crippen LogP contribution in [0.15, 0.2) is 29.7 Å². The molecule has 12 heteroatoms. The molecule has 1 amide bonds. The number of Topliss-reactive ketones (excluding diaryl/α,β-unsaturated/α-hetero) is 1. The number of carbonyl (C=O) groups is 3. The number of carbonyl (C=O) groups excluding carboxylic acids is 3. The van der Waals surface area contributed by atoms with Crippen molar-refractivity contribution in [3.63, 3.8) is 0 Å². The van der Waals surface area contributed by atoms with E-state index in [0.29, 0.717) is 74.3 Å². The van der Waals surface area contributed by atoms with Gasteiger partial charge in [-0.05, 0) is 68.9 Å². The van der Waals surface area contributed by atoms with Crippen molar-refractivity contribution in [2.75, 3.05) is 27.9 Å². The third-order valence-corrected chi connectivity index (χ3v) is 9.23. The van der Waals surface area contributed by atoms with Crippen LogP contribution in [0.3, 0.4) is 0 Å². The minimum absolute atomic E-state index is 0.0292. The lowest BCUT2D eigenvalue weighted by Gasteiger charge is -2.24. The summed E-state index contributed by atoms with van der Waals surface area (Å²) < 4.78 is 22.4. The molecule has 0 saturated carbocycles. The van der Waals surface area contributed by atoms with Crippen LogP contribution in [-0.4, -0.2) is 66.8 Å². The summed E-state index contributed by atoms with van der Waals surface area (Å²) in [7, 11) is 4.39. The predicted octanol–water partition coefficient (Wildman–Crippen LogP) is 6.25. The number of amides is 1. The molecule has 48 heavy (non-hydrogen) atoms. The fourth-order valence-corrected chi connectivity index (χ4v) is 6.57. The summed E-state index contributed by atoms with van der Waals surface area (Å²) in [6, 6.07) is 4.67. The molecule has 1 aliphatic rings. The number of benzene rings is 2. The summed E-state index contributed by atoms with van der Waals surface area (Å²) in [5.41, 5.74) is 1.47. The van der Waals surface area contributed by atoms with Crippen LogP contribution >= 0.6 is 11.3 Å². The largest absolute Gasteiger partial charge is 0.507 e. The number of esters is 1. The van der Waals surface area contributed by atoms with Crippen LogP contribution in [0.5, 0.6) is 28.7 Å². The lowest BCUT2D eigenvalue weighted by Crippen LogP contribution is -2.27. The first-order chi connectivity index (χ1) is 23.1. The van der Waals surface area contributed by atoms with Crippen LogP contribution in [0.25, 0.3) is 6.08 Å². The minimum atomic E-state index is -0.959. The van der Waals surface area contributed by atoms with Crippen molar-refractivity contribution < 1.29 is 43.5 Å². The topological polar surface area (TPSA) is 154 Å². The Morgan fingerprint density at radius 2 is 1.79 bits per heavy atom. The molecule has 1 unspecified atom stereocenters. The number of cyclic esters (lactones) is 1. The summed E-state index contributed by atoms with van der Waals surface area (Å²) in [5.74, 6) is -1.81. The first-order valence-corrected chi connectivity index (χ1v) is 16.9. The zero-order valence-corrected chi connectivity index (χ0v) is 28.9. The number of hydrogen-bond donors (Lipinski definition) is 3. The van der Waals surface area contributed by atoms with Crippen molar-refractivity contribution >= 4 is 35.1 Å². The number of thiazole rings is 1. The Bertz CT molecular complexity index is 1620. The van der Waals surface area contributed by atoms with Gasteiger partial charge in [0.1, 0.15) is 22.8 Å². The van der Waals surface area contributed by atoms with Crippen LogP contribution in [-0.2, 0) is 20.7 Å². The molecule has 0 bridgehead atoms. The van der Waals surface area contributed by atoms with E-state index in [4.69, 9.17) is 18.9 Å². The van der Waals surface area contributed by atoms with Gasteiger partial charge < -0.3 is 34.5 Å². The van der Waals surface area contributed by atoms with Crippen LogP contribution in [0.1, 0.15) is 95.5 Å². The van der Waals surface area contributed by atoms with Crippen molar-refractivity contribution in [3.05, 3.63) is 62.6 Å². The number of aromatic hydroxyl groups is 2. The normalized spacial score (nSPS) is 17.0. The van der Waals surface area contributed by atoms with E-state index in [0.717, 1.165) is 10.7 Å². The van der Waals surface area contributed by atoms with Crippen LogP contribution in [0, 0.1) is 6.92 Å². The second kappa shape index (κ2) is 17.0. The van der Waals surface area contributed by atoms with Crippen molar-refractivity contribution in [2.24, 2.45) is 0 Å². The fraction of sp³-hybridized carbons (Fsp3) is 0.444. The van der Waals surface area contributed by atoms with Gasteiger partial charge in [0, 0.05) is 54.8 Å². The van der Waals surface area contributed by atoms with Gasteiger partial charge in [0.05, 0.1) is 32.4 Å². The zero-order chi connectivity index (χ0) is 34.8. The van der Waals surface area contributed by atoms with Gasteiger partial charge in [0.25, 0.3) is 0 Å². The van der Waals surface area contributed by atoms with Gasteiger partial charge in [-0.15, -0.1) is 11.3 Å². The number of nitrogens with one attached hydrogen (secondary N) is 1. The Morgan fingerprint density at radius 3 is 2.44 bits per heavy atom. The second-order valence-corrected chi connectivity index (χ2v) is 12.7. The van der Waals surface area contributed by atoms with E-state index < -0.39 is 23.7 Å². The van der Waals surface area contributed by atoms with Crippen molar-refractivity contribution in [1.82, 2.24) is 10.3 Å². The summed E-state index contributed by atoms with van der Waals surface area (Å²) in [6.07, 6.45) is 6.34. The number of rotatable bonds is 10. The molecular formula is C36H44N2O9S. The van der Waals surface area contributed by atoms with Crippen LogP contribution in [0.4, 0.5) is 0 Å². The summed E-state index contributed by atoms with van der Waals surface area (Å²) in [4.78, 5) is 43.8. The molecule has 11 nitrogen and oxygen atoms in total. The molecule has 0 saturated heterocycles. The number of aromatic nitrogens is 1. The van der Waals surface area contributed by atoms with E-state index in [1.807, 2.05) is 12.3 Å². The third kappa shape index (κ3) is 9.06. The summed E-state index contributed by atoms with van der Waals surface area (Å²) in [5, 5.41) is 29.1. The number of phenols is 2. The highest BCUT2D eigenvalue weighted by molar-refractivity contribution is 7.09. The Hall–Kier alpha value is -4.58. The van der Waals surface area contributed by atoms with Gasteiger partial charge in [-0.2, -0.15) is 0 Å². The maximum atomic E-state index is 13.7. The molecule has 2 aromatic carbocycles. The maximum Gasteiger partial charge on any atom is 0.342 e. The molecule has 258 valence electrons. The van der Waals surface area contributed by atoms with E-state index in [-0.39, 0.29) is 40.6 Å². The number of methoxy groups -OCH3 is 3. The van der Waals surface area contributed by atoms with Gasteiger partial charge in [-0.3, -0.25) is 9.59 Å². The highest BCUT2D eigenvalue weighted by Gasteiger charge is 2.32. The Balaban J connectivity index is 1.80. The van der Waals surface area contributed by atoms with Crippen molar-refractivity contribution in [3.8, 4) is 28.7 Å². The lowest BCUT2D eigenvalue weighted by molar-refractivity contribution is -0.121. The van der Waals surface area contributed by atoms with Gasteiger partial charge in [-0.25, -0.2) is 9.78 Å². The highest BCUT2D eigenvalue weighted by Crippen LogP contribution is 2.47. The van der Waals surface area contributed by atoms with Gasteiger partial charge in [0.15, 0.2) is 11.5 Å². The number of fused-ring (bicyclic) bond motifs is 1. The Labute approximate surface area is 284 Å². The molecule has 0 fully saturated rings. The average Bonchev–Trinajstić information content (AvgIpc) is 3.47. The van der Waals surface area contributed by atoms with Gasteiger partial charge in [-0.1, -0.05) is 12.2 Å². The molecular weight excluding hydrogens is 636 g/mol. The summed E-state index contributed by atoms with van der Waals surface area (Å²) in [6.45, 7) is 3.97. The lowest BCUT2D eigenvalue weighted by atomic mass is 9.84. The molecule has 2 heterocycles. The maximum absolute atomic E-state index is 13.7. The Morgan fingerprint density at radius 1 is 1.08 bits per heavy atom. The van der Waals surface area contributed by atoms with Crippen molar-refractivity contribution in [1.29, 1.82) is 0 Å².